The van der Waals surface area contributed by atoms with Crippen molar-refractivity contribution in [3.05, 3.63) is 59.7 Å². The Hall–Kier alpha value is -3.35. The smallest absolute Gasteiger partial charge is 0.407 e. The quantitative estimate of drug-likeness (QED) is 0.614. The largest absolute Gasteiger partial charge is 0.480 e. The third-order valence-corrected chi connectivity index (χ3v) is 6.68. The molecule has 0 heterocycles. The molecule has 7 nitrogen and oxygen atoms in total. The van der Waals surface area contributed by atoms with E-state index >= 15 is 0 Å². The van der Waals surface area contributed by atoms with E-state index in [2.05, 4.69) is 34.9 Å². The molecule has 7 heteroatoms. The Bertz CT molecular complexity index is 983. The Morgan fingerprint density at radius 3 is 2.16 bits per heavy atom. The topological polar surface area (TPSA) is 105 Å². The number of aliphatic carboxylic acids is 1. The molecule has 0 aliphatic heterocycles. The van der Waals surface area contributed by atoms with Crippen LogP contribution in [0.5, 0.6) is 0 Å². The van der Waals surface area contributed by atoms with Gasteiger partial charge in [-0.15, -0.1) is 0 Å². The molecule has 2 amide bonds. The van der Waals surface area contributed by atoms with E-state index in [9.17, 15) is 14.4 Å². The fourth-order valence-corrected chi connectivity index (χ4v) is 4.84. The molecule has 2 aromatic carbocycles. The summed E-state index contributed by atoms with van der Waals surface area (Å²) in [4.78, 5) is 36.4. The molecule has 168 valence electrons. The first-order chi connectivity index (χ1) is 15.4. The van der Waals surface area contributed by atoms with Gasteiger partial charge < -0.3 is 20.5 Å². The van der Waals surface area contributed by atoms with Crippen molar-refractivity contribution in [3.8, 4) is 11.1 Å². The summed E-state index contributed by atoms with van der Waals surface area (Å²) < 4.78 is 5.57. The minimum atomic E-state index is -1.09. The summed E-state index contributed by atoms with van der Waals surface area (Å²) in [6.07, 6.45) is 2.36. The van der Waals surface area contributed by atoms with Crippen molar-refractivity contribution in [1.82, 2.24) is 10.6 Å². The molecule has 1 fully saturated rings. The number of benzene rings is 2. The number of fused-ring (bicyclic) bond motifs is 3. The summed E-state index contributed by atoms with van der Waals surface area (Å²) >= 11 is 0. The molecule has 2 aliphatic carbocycles. The highest BCUT2D eigenvalue weighted by Crippen LogP contribution is 2.44. The molecule has 4 rings (SSSR count). The lowest BCUT2D eigenvalue weighted by atomic mass is 9.84. The number of hydrogen-bond donors (Lipinski definition) is 3. The highest BCUT2D eigenvalue weighted by Gasteiger charge is 2.42. The lowest BCUT2D eigenvalue weighted by Gasteiger charge is -2.28. The zero-order valence-corrected chi connectivity index (χ0v) is 18.1. The number of carbonyl (C=O) groups excluding carboxylic acids is 2. The molecule has 3 N–H and O–H groups in total. The Kier molecular flexibility index (Phi) is 6.17. The van der Waals surface area contributed by atoms with Gasteiger partial charge in [-0.05, 0) is 42.0 Å². The standard InChI is InChI=1S/C25H28N2O5/c1-16(22(28)29)27-23(30)25(12-6-7-13-25)15-26-24(31)32-14-21-19-10-4-2-8-17(19)18-9-3-5-11-20(18)21/h2-5,8-11,16,21H,6-7,12-15H2,1H3,(H,26,31)(H,27,30)(H,28,29). The van der Waals surface area contributed by atoms with Gasteiger partial charge in [-0.25, -0.2) is 4.79 Å². The highest BCUT2D eigenvalue weighted by atomic mass is 16.5. The van der Waals surface area contributed by atoms with Crippen molar-refractivity contribution >= 4 is 18.0 Å². The zero-order valence-electron chi connectivity index (χ0n) is 18.1. The van der Waals surface area contributed by atoms with Crippen LogP contribution in [0.2, 0.25) is 0 Å². The molecule has 0 spiro atoms. The van der Waals surface area contributed by atoms with Crippen LogP contribution in [0.4, 0.5) is 4.79 Å². The van der Waals surface area contributed by atoms with E-state index in [-0.39, 0.29) is 25.0 Å². The lowest BCUT2D eigenvalue weighted by molar-refractivity contribution is -0.143. The van der Waals surface area contributed by atoms with Crippen molar-refractivity contribution < 1.29 is 24.2 Å². The van der Waals surface area contributed by atoms with Crippen LogP contribution in [0.1, 0.15) is 49.7 Å². The Morgan fingerprint density at radius 1 is 1.03 bits per heavy atom. The minimum absolute atomic E-state index is 0.0340. The normalized spacial score (nSPS) is 17.2. The second kappa shape index (κ2) is 9.02. The van der Waals surface area contributed by atoms with Gasteiger partial charge >= 0.3 is 12.1 Å². The predicted octanol–water partition coefficient (Wildman–Crippen LogP) is 3.67. The van der Waals surface area contributed by atoms with Gasteiger partial charge in [0.15, 0.2) is 0 Å². The Labute approximate surface area is 187 Å². The second-order valence-electron chi connectivity index (χ2n) is 8.70. The first-order valence-electron chi connectivity index (χ1n) is 11.0. The summed E-state index contributed by atoms with van der Waals surface area (Å²) in [5.41, 5.74) is 3.79. The Balaban J connectivity index is 1.38. The van der Waals surface area contributed by atoms with E-state index in [1.165, 1.54) is 6.92 Å². The molecule has 1 unspecified atom stereocenters. The zero-order chi connectivity index (χ0) is 22.7. The highest BCUT2D eigenvalue weighted by molar-refractivity contribution is 5.88. The molecule has 2 aromatic rings. The van der Waals surface area contributed by atoms with Gasteiger partial charge in [-0.1, -0.05) is 61.4 Å². The number of amides is 2. The fourth-order valence-electron chi connectivity index (χ4n) is 4.84. The van der Waals surface area contributed by atoms with Crippen LogP contribution in [-0.2, 0) is 14.3 Å². The summed E-state index contributed by atoms with van der Waals surface area (Å²) in [6, 6.07) is 15.3. The number of hydrogen-bond acceptors (Lipinski definition) is 4. The molecular formula is C25H28N2O5. The van der Waals surface area contributed by atoms with Crippen LogP contribution < -0.4 is 10.6 Å². The molecule has 2 aliphatic rings. The van der Waals surface area contributed by atoms with Crippen molar-refractivity contribution in [2.24, 2.45) is 5.41 Å². The van der Waals surface area contributed by atoms with Crippen LogP contribution in [0.3, 0.4) is 0 Å². The van der Waals surface area contributed by atoms with Crippen molar-refractivity contribution in [2.45, 2.75) is 44.6 Å². The molecule has 0 aromatic heterocycles. The van der Waals surface area contributed by atoms with Gasteiger partial charge in [0.2, 0.25) is 5.91 Å². The van der Waals surface area contributed by atoms with E-state index < -0.39 is 23.5 Å². The van der Waals surface area contributed by atoms with Gasteiger partial charge in [0.05, 0.1) is 5.41 Å². The van der Waals surface area contributed by atoms with Crippen molar-refractivity contribution in [2.75, 3.05) is 13.2 Å². The predicted molar refractivity (Wildman–Crippen MR) is 119 cm³/mol. The third-order valence-electron chi connectivity index (χ3n) is 6.68. The van der Waals surface area contributed by atoms with Gasteiger partial charge in [0, 0.05) is 12.5 Å². The maximum atomic E-state index is 12.8. The first-order valence-corrected chi connectivity index (χ1v) is 11.0. The number of rotatable bonds is 7. The van der Waals surface area contributed by atoms with E-state index in [1.807, 2.05) is 24.3 Å². The van der Waals surface area contributed by atoms with Gasteiger partial charge in [-0.2, -0.15) is 0 Å². The number of ether oxygens (including phenoxy) is 1. The van der Waals surface area contributed by atoms with Gasteiger partial charge in [0.1, 0.15) is 12.6 Å². The summed E-state index contributed by atoms with van der Waals surface area (Å²) in [5.74, 6) is -1.45. The average molecular weight is 437 g/mol. The number of carbonyl (C=O) groups is 3. The SMILES string of the molecule is CC(NC(=O)C1(CNC(=O)OCC2c3ccccc3-c3ccccc32)CCCC1)C(=O)O. The summed E-state index contributed by atoms with van der Waals surface area (Å²) in [6.45, 7) is 1.76. The second-order valence-corrected chi connectivity index (χ2v) is 8.70. The van der Waals surface area contributed by atoms with E-state index in [0.29, 0.717) is 12.8 Å². The van der Waals surface area contributed by atoms with Gasteiger partial charge in [-0.3, -0.25) is 9.59 Å². The fraction of sp³-hybridized carbons (Fsp3) is 0.400. The molecular weight excluding hydrogens is 408 g/mol. The number of nitrogens with one attached hydrogen (secondary N) is 2. The number of carboxylic acids is 1. The third kappa shape index (κ3) is 4.20. The number of carboxylic acid groups (broad SMARTS) is 1. The minimum Gasteiger partial charge on any atom is -0.480 e. The van der Waals surface area contributed by atoms with Crippen LogP contribution in [-0.4, -0.2) is 42.3 Å². The van der Waals surface area contributed by atoms with Gasteiger partial charge in [0.25, 0.3) is 0 Å². The Morgan fingerprint density at radius 2 is 1.59 bits per heavy atom. The molecule has 1 atom stereocenters. The van der Waals surface area contributed by atoms with Crippen molar-refractivity contribution in [1.29, 1.82) is 0 Å². The van der Waals surface area contributed by atoms with E-state index in [1.54, 1.807) is 0 Å². The molecule has 32 heavy (non-hydrogen) atoms. The van der Waals surface area contributed by atoms with Crippen LogP contribution in [0.15, 0.2) is 48.5 Å². The van der Waals surface area contributed by atoms with Crippen LogP contribution in [0, 0.1) is 5.41 Å². The van der Waals surface area contributed by atoms with Crippen LogP contribution in [0.25, 0.3) is 11.1 Å². The summed E-state index contributed by atoms with van der Waals surface area (Å²) in [7, 11) is 0. The molecule has 0 saturated heterocycles. The molecule has 0 bridgehead atoms. The summed E-state index contributed by atoms with van der Waals surface area (Å²) in [5, 5.41) is 14.4. The average Bonchev–Trinajstić information content (AvgIpc) is 3.40. The molecule has 1 saturated carbocycles. The molecule has 0 radical (unpaired) electrons. The first kappa shape index (κ1) is 21.9. The maximum absolute atomic E-state index is 12.8. The maximum Gasteiger partial charge on any atom is 0.407 e. The van der Waals surface area contributed by atoms with Crippen LogP contribution >= 0.6 is 0 Å². The number of alkyl carbamates (subject to hydrolysis) is 1. The lowest BCUT2D eigenvalue weighted by Crippen LogP contribution is -2.51. The monoisotopic (exact) mass is 436 g/mol. The van der Waals surface area contributed by atoms with E-state index in [0.717, 1.165) is 35.1 Å². The van der Waals surface area contributed by atoms with E-state index in [4.69, 9.17) is 9.84 Å². The van der Waals surface area contributed by atoms with Crippen molar-refractivity contribution in [3.63, 3.8) is 0 Å².